The van der Waals surface area contributed by atoms with Gasteiger partial charge in [-0.1, -0.05) is 45.0 Å². The van der Waals surface area contributed by atoms with Crippen LogP contribution in [0, 0.1) is 13.8 Å². The Kier molecular flexibility index (Phi) is 2.82. The van der Waals surface area contributed by atoms with E-state index in [0.717, 1.165) is 11.0 Å². The maximum absolute atomic E-state index is 4.87. The molecule has 0 aliphatic heterocycles. The fourth-order valence-corrected chi connectivity index (χ4v) is 3.06. The van der Waals surface area contributed by atoms with E-state index in [0.29, 0.717) is 0 Å². The Bertz CT molecular complexity index is 806. The maximum atomic E-state index is 4.87. The number of benzene rings is 2. The molecule has 20 heavy (non-hydrogen) atoms. The molecule has 1 nitrogen and oxygen atoms in total. The minimum Gasteiger partial charge on any atom is -0.248 e. The smallest absolute Gasteiger partial charge is 0.0715 e. The summed E-state index contributed by atoms with van der Waals surface area (Å²) >= 11 is 0. The molecule has 0 atom stereocenters. The molecule has 0 amide bonds. The van der Waals surface area contributed by atoms with E-state index in [4.69, 9.17) is 4.98 Å². The minimum atomic E-state index is 0.0980. The van der Waals surface area contributed by atoms with E-state index in [1.807, 2.05) is 0 Å². The van der Waals surface area contributed by atoms with Crippen molar-refractivity contribution < 1.29 is 0 Å². The van der Waals surface area contributed by atoms with Gasteiger partial charge in [-0.05, 0) is 48.1 Å². The SMILES string of the molecule is Cc1ccc2c(C(C)(C)C)c3c(C)cccc3nc2c1. The second-order valence-corrected chi connectivity index (χ2v) is 6.73. The maximum Gasteiger partial charge on any atom is 0.0715 e. The first-order chi connectivity index (χ1) is 9.38. The third-order valence-electron chi connectivity index (χ3n) is 3.91. The average Bonchev–Trinajstić information content (AvgIpc) is 2.35. The third kappa shape index (κ3) is 1.98. The molecule has 0 fully saturated rings. The molecule has 0 unspecified atom stereocenters. The molecule has 1 aromatic heterocycles. The molecule has 0 saturated carbocycles. The largest absolute Gasteiger partial charge is 0.248 e. The number of hydrogen-bond acceptors (Lipinski definition) is 1. The van der Waals surface area contributed by atoms with E-state index in [-0.39, 0.29) is 5.41 Å². The molecule has 0 saturated heterocycles. The van der Waals surface area contributed by atoms with Gasteiger partial charge in [0.15, 0.2) is 0 Å². The molecule has 0 aliphatic carbocycles. The van der Waals surface area contributed by atoms with Crippen molar-refractivity contribution in [2.75, 3.05) is 0 Å². The minimum absolute atomic E-state index is 0.0980. The molecule has 1 heteroatoms. The molecule has 0 spiro atoms. The molecule has 3 aromatic rings. The summed E-state index contributed by atoms with van der Waals surface area (Å²) < 4.78 is 0. The van der Waals surface area contributed by atoms with Crippen LogP contribution in [0.15, 0.2) is 36.4 Å². The van der Waals surface area contributed by atoms with Gasteiger partial charge in [0.1, 0.15) is 0 Å². The zero-order chi connectivity index (χ0) is 14.5. The number of pyridine rings is 1. The van der Waals surface area contributed by atoms with E-state index >= 15 is 0 Å². The Morgan fingerprint density at radius 3 is 2.35 bits per heavy atom. The van der Waals surface area contributed by atoms with Crippen molar-refractivity contribution in [3.05, 3.63) is 53.1 Å². The van der Waals surface area contributed by atoms with Crippen LogP contribution in [0.25, 0.3) is 21.8 Å². The van der Waals surface area contributed by atoms with Gasteiger partial charge in [-0.3, -0.25) is 0 Å². The van der Waals surface area contributed by atoms with E-state index in [1.54, 1.807) is 0 Å². The van der Waals surface area contributed by atoms with E-state index in [1.165, 1.54) is 27.5 Å². The van der Waals surface area contributed by atoms with Crippen molar-refractivity contribution in [2.24, 2.45) is 0 Å². The van der Waals surface area contributed by atoms with Gasteiger partial charge in [-0.25, -0.2) is 4.98 Å². The van der Waals surface area contributed by atoms with Crippen LogP contribution in [0.3, 0.4) is 0 Å². The lowest BCUT2D eigenvalue weighted by Crippen LogP contribution is -2.13. The lowest BCUT2D eigenvalue weighted by atomic mass is 9.81. The molecule has 2 aromatic carbocycles. The standard InChI is InChI=1S/C19H21N/c1-12-9-10-14-16(11-12)20-15-8-6-7-13(2)17(15)18(14)19(3,4)5/h6-11H,1-5H3. The molecule has 102 valence electrons. The Morgan fingerprint density at radius 2 is 1.65 bits per heavy atom. The zero-order valence-corrected chi connectivity index (χ0v) is 12.9. The van der Waals surface area contributed by atoms with Crippen molar-refractivity contribution in [3.63, 3.8) is 0 Å². The number of fused-ring (bicyclic) bond motifs is 2. The first-order valence-corrected chi connectivity index (χ1v) is 7.18. The quantitative estimate of drug-likeness (QED) is 0.501. The Labute approximate surface area is 120 Å². The van der Waals surface area contributed by atoms with Crippen LogP contribution >= 0.6 is 0 Å². The van der Waals surface area contributed by atoms with Crippen LogP contribution in [0.1, 0.15) is 37.5 Å². The molecule has 1 heterocycles. The van der Waals surface area contributed by atoms with Crippen molar-refractivity contribution in [2.45, 2.75) is 40.0 Å². The monoisotopic (exact) mass is 263 g/mol. The van der Waals surface area contributed by atoms with Gasteiger partial charge >= 0.3 is 0 Å². The first-order valence-electron chi connectivity index (χ1n) is 7.18. The van der Waals surface area contributed by atoms with Gasteiger partial charge < -0.3 is 0 Å². The highest BCUT2D eigenvalue weighted by molar-refractivity contribution is 6.00. The number of nitrogens with zero attached hydrogens (tertiary/aromatic N) is 1. The van der Waals surface area contributed by atoms with Crippen molar-refractivity contribution in [1.29, 1.82) is 0 Å². The summed E-state index contributed by atoms with van der Waals surface area (Å²) in [4.78, 5) is 4.87. The number of rotatable bonds is 0. The Balaban J connectivity index is 2.61. The molecule has 0 radical (unpaired) electrons. The van der Waals surface area contributed by atoms with E-state index < -0.39 is 0 Å². The van der Waals surface area contributed by atoms with E-state index in [9.17, 15) is 0 Å². The van der Waals surface area contributed by atoms with Crippen LogP contribution in [-0.4, -0.2) is 4.98 Å². The predicted molar refractivity (Wildman–Crippen MR) is 87.4 cm³/mol. The lowest BCUT2D eigenvalue weighted by Gasteiger charge is -2.24. The van der Waals surface area contributed by atoms with Crippen molar-refractivity contribution in [1.82, 2.24) is 4.98 Å². The average molecular weight is 263 g/mol. The molecule has 0 aliphatic rings. The predicted octanol–water partition coefficient (Wildman–Crippen LogP) is 5.30. The summed E-state index contributed by atoms with van der Waals surface area (Å²) in [6, 6.07) is 13.0. The molecule has 3 rings (SSSR count). The number of aryl methyl sites for hydroxylation is 2. The molecule has 0 bridgehead atoms. The first kappa shape index (κ1) is 13.1. The van der Waals surface area contributed by atoms with Gasteiger partial charge in [0.2, 0.25) is 0 Å². The molecular formula is C19H21N. The van der Waals surface area contributed by atoms with Crippen LogP contribution < -0.4 is 0 Å². The Morgan fingerprint density at radius 1 is 0.900 bits per heavy atom. The van der Waals surface area contributed by atoms with Crippen LogP contribution in [-0.2, 0) is 5.41 Å². The summed E-state index contributed by atoms with van der Waals surface area (Å²) in [6.07, 6.45) is 0. The van der Waals surface area contributed by atoms with Crippen LogP contribution in [0.4, 0.5) is 0 Å². The highest BCUT2D eigenvalue weighted by Gasteiger charge is 2.22. The Hall–Kier alpha value is -1.89. The van der Waals surface area contributed by atoms with Crippen molar-refractivity contribution in [3.8, 4) is 0 Å². The molecule has 0 N–H and O–H groups in total. The number of aromatic nitrogens is 1. The van der Waals surface area contributed by atoms with Gasteiger partial charge in [0.05, 0.1) is 11.0 Å². The fourth-order valence-electron chi connectivity index (χ4n) is 3.06. The van der Waals surface area contributed by atoms with Gasteiger partial charge in [-0.15, -0.1) is 0 Å². The second-order valence-electron chi connectivity index (χ2n) is 6.73. The van der Waals surface area contributed by atoms with Gasteiger partial charge in [-0.2, -0.15) is 0 Å². The summed E-state index contributed by atoms with van der Waals surface area (Å²) in [5, 5.41) is 2.60. The second kappa shape index (κ2) is 4.31. The van der Waals surface area contributed by atoms with E-state index in [2.05, 4.69) is 71.0 Å². The zero-order valence-electron chi connectivity index (χ0n) is 12.9. The van der Waals surface area contributed by atoms with Crippen molar-refractivity contribution >= 4 is 21.8 Å². The molecular weight excluding hydrogens is 242 g/mol. The number of hydrogen-bond donors (Lipinski definition) is 0. The summed E-state index contributed by atoms with van der Waals surface area (Å²) in [5.41, 5.74) is 6.29. The van der Waals surface area contributed by atoms with Crippen LogP contribution in [0.5, 0.6) is 0 Å². The summed E-state index contributed by atoms with van der Waals surface area (Å²) in [7, 11) is 0. The van der Waals surface area contributed by atoms with Gasteiger partial charge in [0.25, 0.3) is 0 Å². The normalized spacial score (nSPS) is 12.2. The lowest BCUT2D eigenvalue weighted by molar-refractivity contribution is 0.600. The summed E-state index contributed by atoms with van der Waals surface area (Å²) in [5.74, 6) is 0. The third-order valence-corrected chi connectivity index (χ3v) is 3.91. The highest BCUT2D eigenvalue weighted by Crippen LogP contribution is 2.37. The summed E-state index contributed by atoms with van der Waals surface area (Å²) in [6.45, 7) is 11.2. The van der Waals surface area contributed by atoms with Crippen LogP contribution in [0.2, 0.25) is 0 Å². The highest BCUT2D eigenvalue weighted by atomic mass is 14.7. The fraction of sp³-hybridized carbons (Fsp3) is 0.316. The van der Waals surface area contributed by atoms with Gasteiger partial charge in [0, 0.05) is 10.8 Å². The topological polar surface area (TPSA) is 12.9 Å².